The summed E-state index contributed by atoms with van der Waals surface area (Å²) >= 11 is 0. The van der Waals surface area contributed by atoms with Crippen LogP contribution in [0.4, 0.5) is 0 Å². The van der Waals surface area contributed by atoms with E-state index in [0.29, 0.717) is 18.4 Å². The highest BCUT2D eigenvalue weighted by Crippen LogP contribution is 2.06. The Balaban J connectivity index is 3.82. The van der Waals surface area contributed by atoms with E-state index in [4.69, 9.17) is 0 Å². The molecular formula is C11H23NO. The number of likely N-dealkylation sites (N-methyl/N-ethyl adjacent to an activating group) is 1. The van der Waals surface area contributed by atoms with Gasteiger partial charge >= 0.3 is 0 Å². The summed E-state index contributed by atoms with van der Waals surface area (Å²) in [4.78, 5) is 13.5. The Hall–Kier alpha value is -0.370. The van der Waals surface area contributed by atoms with Crippen molar-refractivity contribution in [3.63, 3.8) is 0 Å². The largest absolute Gasteiger partial charge is 0.298 e. The zero-order valence-electron chi connectivity index (χ0n) is 9.47. The van der Waals surface area contributed by atoms with Crippen LogP contribution < -0.4 is 0 Å². The molecule has 0 aromatic carbocycles. The predicted octanol–water partition coefficient (Wildman–Crippen LogP) is 2.48. The molecule has 0 N–H and O–H groups in total. The van der Waals surface area contributed by atoms with Gasteiger partial charge in [0.25, 0.3) is 0 Å². The molecule has 0 bridgehead atoms. The molecule has 0 rings (SSSR count). The normalized spacial score (nSPS) is 11.2. The maximum Gasteiger partial charge on any atom is 0.146 e. The molecule has 0 fully saturated rings. The van der Waals surface area contributed by atoms with Crippen molar-refractivity contribution in [1.82, 2.24) is 4.90 Å². The van der Waals surface area contributed by atoms with E-state index in [0.717, 1.165) is 25.7 Å². The predicted molar refractivity (Wildman–Crippen MR) is 56.9 cm³/mol. The van der Waals surface area contributed by atoms with E-state index in [-0.39, 0.29) is 0 Å². The minimum Gasteiger partial charge on any atom is -0.298 e. The second-order valence-electron chi connectivity index (χ2n) is 3.67. The van der Waals surface area contributed by atoms with Crippen LogP contribution in [0.5, 0.6) is 0 Å². The Bertz CT molecular complexity index is 141. The van der Waals surface area contributed by atoms with Gasteiger partial charge in [-0.2, -0.15) is 0 Å². The van der Waals surface area contributed by atoms with Crippen molar-refractivity contribution in [3.05, 3.63) is 0 Å². The fraction of sp³-hybridized carbons (Fsp3) is 0.909. The van der Waals surface area contributed by atoms with E-state index < -0.39 is 0 Å². The first-order valence-electron chi connectivity index (χ1n) is 5.37. The molecule has 0 saturated heterocycles. The smallest absolute Gasteiger partial charge is 0.146 e. The van der Waals surface area contributed by atoms with E-state index in [2.05, 4.69) is 25.7 Å². The second kappa shape index (κ2) is 7.07. The number of nitrogens with zero attached hydrogens (tertiary/aromatic N) is 1. The molecule has 78 valence electrons. The zero-order chi connectivity index (χ0) is 10.3. The van der Waals surface area contributed by atoms with Crippen molar-refractivity contribution < 1.29 is 4.79 Å². The Kier molecular flexibility index (Phi) is 6.87. The molecule has 0 unspecified atom stereocenters. The van der Waals surface area contributed by atoms with E-state index in [1.54, 1.807) is 0 Å². The van der Waals surface area contributed by atoms with Crippen molar-refractivity contribution >= 4 is 5.78 Å². The van der Waals surface area contributed by atoms with Crippen molar-refractivity contribution in [2.24, 2.45) is 0 Å². The third kappa shape index (κ3) is 5.04. The maximum absolute atomic E-state index is 11.3. The number of ketones is 1. The van der Waals surface area contributed by atoms with E-state index in [1.807, 2.05) is 7.05 Å². The van der Waals surface area contributed by atoms with Crippen LogP contribution in [0.25, 0.3) is 0 Å². The lowest BCUT2D eigenvalue weighted by molar-refractivity contribution is -0.120. The number of hydrogen-bond acceptors (Lipinski definition) is 2. The van der Waals surface area contributed by atoms with Crippen molar-refractivity contribution in [3.8, 4) is 0 Å². The van der Waals surface area contributed by atoms with E-state index in [1.165, 1.54) is 0 Å². The topological polar surface area (TPSA) is 20.3 Å². The molecule has 0 saturated carbocycles. The first-order valence-corrected chi connectivity index (χ1v) is 5.37. The van der Waals surface area contributed by atoms with Crippen LogP contribution >= 0.6 is 0 Å². The van der Waals surface area contributed by atoms with Gasteiger partial charge in [-0.25, -0.2) is 0 Å². The van der Waals surface area contributed by atoms with Gasteiger partial charge in [0.1, 0.15) is 5.78 Å². The molecule has 0 atom stereocenters. The lowest BCUT2D eigenvalue weighted by atomic mass is 10.1. The van der Waals surface area contributed by atoms with Crippen LogP contribution in [-0.2, 0) is 4.79 Å². The van der Waals surface area contributed by atoms with Gasteiger partial charge in [0, 0.05) is 12.5 Å². The van der Waals surface area contributed by atoms with Crippen molar-refractivity contribution in [2.45, 2.75) is 52.5 Å². The molecule has 0 heterocycles. The molecule has 0 aliphatic heterocycles. The van der Waals surface area contributed by atoms with Crippen LogP contribution in [0.2, 0.25) is 0 Å². The van der Waals surface area contributed by atoms with Gasteiger partial charge in [-0.1, -0.05) is 20.8 Å². The van der Waals surface area contributed by atoms with Crippen molar-refractivity contribution in [1.29, 1.82) is 0 Å². The summed E-state index contributed by atoms with van der Waals surface area (Å²) in [5.41, 5.74) is 0. The van der Waals surface area contributed by atoms with Gasteiger partial charge in [0.05, 0.1) is 6.54 Å². The molecule has 0 aliphatic rings. The van der Waals surface area contributed by atoms with Crippen molar-refractivity contribution in [2.75, 3.05) is 13.6 Å². The molecular weight excluding hydrogens is 162 g/mol. The van der Waals surface area contributed by atoms with Gasteiger partial charge in [0.2, 0.25) is 0 Å². The Morgan fingerprint density at radius 2 is 1.77 bits per heavy atom. The minimum atomic E-state index is 0.372. The third-order valence-corrected chi connectivity index (χ3v) is 2.52. The third-order valence-electron chi connectivity index (χ3n) is 2.52. The summed E-state index contributed by atoms with van der Waals surface area (Å²) in [6.07, 6.45) is 3.96. The van der Waals surface area contributed by atoms with Gasteiger partial charge < -0.3 is 0 Å². The average Bonchev–Trinajstić information content (AvgIpc) is 2.06. The molecule has 0 amide bonds. The molecule has 0 aromatic rings. The quantitative estimate of drug-likeness (QED) is 0.607. The molecule has 13 heavy (non-hydrogen) atoms. The van der Waals surface area contributed by atoms with Crippen LogP contribution in [0.1, 0.15) is 46.5 Å². The fourth-order valence-corrected chi connectivity index (χ4v) is 1.68. The van der Waals surface area contributed by atoms with Gasteiger partial charge in [-0.05, 0) is 26.3 Å². The molecule has 0 aliphatic carbocycles. The molecule has 0 aromatic heterocycles. The van der Waals surface area contributed by atoms with Crippen LogP contribution in [0, 0.1) is 0 Å². The summed E-state index contributed by atoms with van der Waals surface area (Å²) in [5.74, 6) is 0.372. The highest BCUT2D eigenvalue weighted by atomic mass is 16.1. The fourth-order valence-electron chi connectivity index (χ4n) is 1.68. The number of carbonyl (C=O) groups excluding carboxylic acids is 1. The van der Waals surface area contributed by atoms with Crippen LogP contribution in [0.15, 0.2) is 0 Å². The summed E-state index contributed by atoms with van der Waals surface area (Å²) in [7, 11) is 2.05. The monoisotopic (exact) mass is 185 g/mol. The standard InChI is InChI=1S/C11H23NO/c1-5-8-11(13)9-12(4)10(6-2)7-3/h10H,5-9H2,1-4H3. The lowest BCUT2D eigenvalue weighted by Crippen LogP contribution is -2.34. The summed E-state index contributed by atoms with van der Waals surface area (Å²) in [6.45, 7) is 7.03. The Morgan fingerprint density at radius 1 is 1.23 bits per heavy atom. The lowest BCUT2D eigenvalue weighted by Gasteiger charge is -2.25. The molecule has 2 nitrogen and oxygen atoms in total. The SMILES string of the molecule is CCCC(=O)CN(C)C(CC)CC. The molecule has 0 spiro atoms. The number of Topliss-reactive ketones (excluding diaryl/α,β-unsaturated/α-hetero) is 1. The first-order chi connectivity index (χ1) is 6.15. The summed E-state index contributed by atoms with van der Waals surface area (Å²) < 4.78 is 0. The maximum atomic E-state index is 11.3. The van der Waals surface area contributed by atoms with Gasteiger partial charge in [0.15, 0.2) is 0 Å². The first kappa shape index (κ1) is 12.6. The van der Waals surface area contributed by atoms with Crippen LogP contribution in [0.3, 0.4) is 0 Å². The Labute approximate surface area is 82.3 Å². The summed E-state index contributed by atoms with van der Waals surface area (Å²) in [5, 5.41) is 0. The average molecular weight is 185 g/mol. The highest BCUT2D eigenvalue weighted by molar-refractivity contribution is 5.80. The van der Waals surface area contributed by atoms with Gasteiger partial charge in [-0.3, -0.25) is 9.69 Å². The molecule has 0 radical (unpaired) electrons. The summed E-state index contributed by atoms with van der Waals surface area (Å²) in [6, 6.07) is 0.570. The highest BCUT2D eigenvalue weighted by Gasteiger charge is 2.12. The van der Waals surface area contributed by atoms with E-state index >= 15 is 0 Å². The minimum absolute atomic E-state index is 0.372. The number of carbonyl (C=O) groups is 1. The Morgan fingerprint density at radius 3 is 2.15 bits per heavy atom. The van der Waals surface area contributed by atoms with Gasteiger partial charge in [-0.15, -0.1) is 0 Å². The molecule has 2 heteroatoms. The van der Waals surface area contributed by atoms with Crippen LogP contribution in [-0.4, -0.2) is 30.3 Å². The number of rotatable bonds is 7. The number of hydrogen-bond donors (Lipinski definition) is 0. The van der Waals surface area contributed by atoms with E-state index in [9.17, 15) is 4.79 Å². The zero-order valence-corrected chi connectivity index (χ0v) is 9.47. The second-order valence-corrected chi connectivity index (χ2v) is 3.67.